The molecule has 154 valence electrons. The average molecular weight is 389 g/mol. The number of amides is 3. The molecule has 3 rings (SSSR count). The molecule has 0 aliphatic carbocycles. The van der Waals surface area contributed by atoms with Gasteiger partial charge in [0.25, 0.3) is 0 Å². The normalized spacial score (nSPS) is 20.7. The van der Waals surface area contributed by atoms with Crippen molar-refractivity contribution in [1.29, 1.82) is 0 Å². The molecular formula is C21H32N4O3. The van der Waals surface area contributed by atoms with Crippen LogP contribution in [0.5, 0.6) is 0 Å². The molecule has 2 fully saturated rings. The van der Waals surface area contributed by atoms with Gasteiger partial charge in [0.15, 0.2) is 0 Å². The Bertz CT molecular complexity index is 653. The maximum atomic E-state index is 12.3. The van der Waals surface area contributed by atoms with Crippen molar-refractivity contribution in [3.8, 4) is 0 Å². The molecule has 0 aromatic heterocycles. The smallest absolute Gasteiger partial charge is 0.319 e. The van der Waals surface area contributed by atoms with Gasteiger partial charge in [0.05, 0.1) is 6.10 Å². The van der Waals surface area contributed by atoms with Gasteiger partial charge in [-0.1, -0.05) is 12.1 Å². The number of benzene rings is 1. The third kappa shape index (κ3) is 6.49. The molecule has 1 atom stereocenters. The summed E-state index contributed by atoms with van der Waals surface area (Å²) in [6.07, 6.45) is 5.76. The van der Waals surface area contributed by atoms with Crippen molar-refractivity contribution >= 4 is 17.6 Å². The molecule has 0 saturated carbocycles. The minimum absolute atomic E-state index is 0.0157. The number of anilines is 1. The van der Waals surface area contributed by atoms with E-state index in [0.29, 0.717) is 18.9 Å². The molecule has 2 saturated heterocycles. The van der Waals surface area contributed by atoms with E-state index in [-0.39, 0.29) is 18.0 Å². The van der Waals surface area contributed by atoms with E-state index < -0.39 is 0 Å². The topological polar surface area (TPSA) is 82.7 Å². The Labute approximate surface area is 167 Å². The van der Waals surface area contributed by atoms with Crippen LogP contribution in [0.4, 0.5) is 10.5 Å². The molecule has 2 heterocycles. The van der Waals surface area contributed by atoms with Crippen LogP contribution in [0, 0.1) is 0 Å². The number of piperidine rings is 1. The zero-order valence-electron chi connectivity index (χ0n) is 16.7. The van der Waals surface area contributed by atoms with Gasteiger partial charge >= 0.3 is 6.03 Å². The van der Waals surface area contributed by atoms with E-state index in [2.05, 4.69) is 20.9 Å². The molecule has 2 aliphatic heterocycles. The van der Waals surface area contributed by atoms with Gasteiger partial charge in [0, 0.05) is 51.4 Å². The van der Waals surface area contributed by atoms with Gasteiger partial charge in [-0.25, -0.2) is 4.79 Å². The van der Waals surface area contributed by atoms with E-state index in [0.717, 1.165) is 50.3 Å². The lowest BCUT2D eigenvalue weighted by molar-refractivity contribution is -0.120. The minimum atomic E-state index is -0.166. The number of aryl methyl sites for hydroxylation is 1. The number of ether oxygens (including phenoxy) is 1. The van der Waals surface area contributed by atoms with Crippen LogP contribution in [0.2, 0.25) is 0 Å². The maximum Gasteiger partial charge on any atom is 0.319 e. The van der Waals surface area contributed by atoms with Crippen LogP contribution in [0.25, 0.3) is 0 Å². The van der Waals surface area contributed by atoms with Gasteiger partial charge in [-0.3, -0.25) is 4.79 Å². The zero-order chi connectivity index (χ0) is 19.8. The lowest BCUT2D eigenvalue weighted by atomic mass is 10.0. The Hall–Kier alpha value is -2.12. The standard InChI is InChI=1S/C21H32N4O3/c1-22-20(26)8-7-16-4-2-5-18(14-16)24-21(27)23-17-9-11-25(12-10-17)15-19-6-3-13-28-19/h2,4-5,14,17,19H,3,6-13,15H2,1H3,(H,22,26)(H2,23,24,27)/t19-/m1/s1. The van der Waals surface area contributed by atoms with Crippen LogP contribution in [0.3, 0.4) is 0 Å². The van der Waals surface area contributed by atoms with Crippen molar-refractivity contribution < 1.29 is 14.3 Å². The Balaban J connectivity index is 1.39. The summed E-state index contributed by atoms with van der Waals surface area (Å²) in [5.74, 6) is 0.0157. The molecule has 1 aromatic rings. The molecular weight excluding hydrogens is 356 g/mol. The van der Waals surface area contributed by atoms with E-state index in [1.807, 2.05) is 24.3 Å². The molecule has 1 aromatic carbocycles. The highest BCUT2D eigenvalue weighted by Gasteiger charge is 2.24. The molecule has 3 amide bonds. The first kappa shape index (κ1) is 20.6. The van der Waals surface area contributed by atoms with Gasteiger partial charge in [-0.15, -0.1) is 0 Å². The van der Waals surface area contributed by atoms with Crippen LogP contribution in [-0.4, -0.2) is 62.3 Å². The third-order valence-electron chi connectivity index (χ3n) is 5.51. The van der Waals surface area contributed by atoms with Crippen LogP contribution in [-0.2, 0) is 16.0 Å². The number of nitrogens with zero attached hydrogens (tertiary/aromatic N) is 1. The number of rotatable bonds is 7. The number of urea groups is 1. The Morgan fingerprint density at radius 1 is 1.21 bits per heavy atom. The van der Waals surface area contributed by atoms with Crippen LogP contribution >= 0.6 is 0 Å². The van der Waals surface area contributed by atoms with Crippen molar-refractivity contribution in [1.82, 2.24) is 15.5 Å². The molecule has 0 unspecified atom stereocenters. The summed E-state index contributed by atoms with van der Waals surface area (Å²) in [6, 6.07) is 7.70. The lowest BCUT2D eigenvalue weighted by Gasteiger charge is -2.33. The first-order valence-corrected chi connectivity index (χ1v) is 10.3. The quantitative estimate of drug-likeness (QED) is 0.668. The first-order valence-electron chi connectivity index (χ1n) is 10.3. The molecule has 28 heavy (non-hydrogen) atoms. The fourth-order valence-electron chi connectivity index (χ4n) is 3.88. The number of nitrogens with one attached hydrogen (secondary N) is 3. The highest BCUT2D eigenvalue weighted by atomic mass is 16.5. The summed E-state index contributed by atoms with van der Waals surface area (Å²) < 4.78 is 5.72. The molecule has 0 spiro atoms. The lowest BCUT2D eigenvalue weighted by Crippen LogP contribution is -2.47. The number of carbonyl (C=O) groups is 2. The number of carbonyl (C=O) groups excluding carboxylic acids is 2. The van der Waals surface area contributed by atoms with Gasteiger partial charge in [0.1, 0.15) is 0 Å². The molecule has 0 bridgehead atoms. The second kappa shape index (κ2) is 10.4. The van der Waals surface area contributed by atoms with Crippen molar-refractivity contribution in [2.45, 2.75) is 50.7 Å². The summed E-state index contributed by atoms with van der Waals surface area (Å²) in [4.78, 5) is 26.2. The predicted octanol–water partition coefficient (Wildman–Crippen LogP) is 2.13. The first-order chi connectivity index (χ1) is 13.6. The second-order valence-electron chi connectivity index (χ2n) is 7.68. The Morgan fingerprint density at radius 3 is 2.75 bits per heavy atom. The molecule has 0 radical (unpaired) electrons. The van der Waals surface area contributed by atoms with Gasteiger partial charge in [-0.05, 0) is 49.8 Å². The fraction of sp³-hybridized carbons (Fsp3) is 0.619. The minimum Gasteiger partial charge on any atom is -0.377 e. The van der Waals surface area contributed by atoms with E-state index in [1.165, 1.54) is 12.8 Å². The SMILES string of the molecule is CNC(=O)CCc1cccc(NC(=O)NC2CCN(C[C@H]3CCCO3)CC2)c1. The van der Waals surface area contributed by atoms with E-state index in [4.69, 9.17) is 4.74 Å². The summed E-state index contributed by atoms with van der Waals surface area (Å²) >= 11 is 0. The fourth-order valence-corrected chi connectivity index (χ4v) is 3.88. The van der Waals surface area contributed by atoms with E-state index in [1.54, 1.807) is 7.05 Å². The number of likely N-dealkylation sites (tertiary alicyclic amines) is 1. The van der Waals surface area contributed by atoms with Gasteiger partial charge < -0.3 is 25.6 Å². The summed E-state index contributed by atoms with van der Waals surface area (Å²) in [5, 5.41) is 8.63. The average Bonchev–Trinajstić information content (AvgIpc) is 3.21. The number of hydrogen-bond donors (Lipinski definition) is 3. The van der Waals surface area contributed by atoms with Crippen molar-refractivity contribution in [2.75, 3.05) is 38.6 Å². The van der Waals surface area contributed by atoms with Gasteiger partial charge in [-0.2, -0.15) is 0 Å². The third-order valence-corrected chi connectivity index (χ3v) is 5.51. The van der Waals surface area contributed by atoms with Gasteiger partial charge in [0.2, 0.25) is 5.91 Å². The van der Waals surface area contributed by atoms with Crippen molar-refractivity contribution in [3.05, 3.63) is 29.8 Å². The summed E-state index contributed by atoms with van der Waals surface area (Å²) in [7, 11) is 1.64. The summed E-state index contributed by atoms with van der Waals surface area (Å²) in [6.45, 7) is 3.91. The predicted molar refractivity (Wildman–Crippen MR) is 109 cm³/mol. The van der Waals surface area contributed by atoms with E-state index in [9.17, 15) is 9.59 Å². The maximum absolute atomic E-state index is 12.3. The second-order valence-corrected chi connectivity index (χ2v) is 7.68. The largest absolute Gasteiger partial charge is 0.377 e. The van der Waals surface area contributed by atoms with Crippen molar-refractivity contribution in [2.24, 2.45) is 0 Å². The molecule has 3 N–H and O–H groups in total. The summed E-state index contributed by atoms with van der Waals surface area (Å²) in [5.41, 5.74) is 1.78. The van der Waals surface area contributed by atoms with Crippen LogP contribution in [0.1, 0.15) is 37.7 Å². The van der Waals surface area contributed by atoms with E-state index >= 15 is 0 Å². The zero-order valence-corrected chi connectivity index (χ0v) is 16.7. The number of hydrogen-bond acceptors (Lipinski definition) is 4. The monoisotopic (exact) mass is 388 g/mol. The molecule has 7 nitrogen and oxygen atoms in total. The highest BCUT2D eigenvalue weighted by molar-refractivity contribution is 5.89. The van der Waals surface area contributed by atoms with Crippen LogP contribution < -0.4 is 16.0 Å². The Kier molecular flexibility index (Phi) is 7.68. The molecule has 2 aliphatic rings. The Morgan fingerprint density at radius 2 is 2.04 bits per heavy atom. The van der Waals surface area contributed by atoms with Crippen molar-refractivity contribution in [3.63, 3.8) is 0 Å². The highest BCUT2D eigenvalue weighted by Crippen LogP contribution is 2.17. The van der Waals surface area contributed by atoms with Crippen LogP contribution in [0.15, 0.2) is 24.3 Å². The molecule has 7 heteroatoms.